The maximum Gasteiger partial charge on any atom is 0.295 e. The monoisotopic (exact) mass is 268 g/mol. The Labute approximate surface area is 113 Å². The van der Waals surface area contributed by atoms with Gasteiger partial charge in [-0.3, -0.25) is 4.79 Å². The number of likely N-dealkylation sites (N-methyl/N-ethyl adjacent to an activating group) is 1. The number of hydrogen-bond donors (Lipinski definition) is 1. The fraction of sp³-hybridized carbons (Fsp3) is 0.385. The molecule has 0 aromatic heterocycles. The first kappa shape index (κ1) is 14.7. The van der Waals surface area contributed by atoms with Crippen molar-refractivity contribution in [1.29, 1.82) is 0 Å². The predicted octanol–water partition coefficient (Wildman–Crippen LogP) is 1.89. The van der Waals surface area contributed by atoms with Gasteiger partial charge in [-0.2, -0.15) is 5.10 Å². The van der Waals surface area contributed by atoms with E-state index in [1.54, 1.807) is 6.07 Å². The van der Waals surface area contributed by atoms with Gasteiger partial charge in [-0.15, -0.1) is 0 Å². The first-order valence-electron chi connectivity index (χ1n) is 5.68. The number of benzene rings is 1. The van der Waals surface area contributed by atoms with Gasteiger partial charge < -0.3 is 4.48 Å². The van der Waals surface area contributed by atoms with E-state index in [4.69, 9.17) is 11.6 Å². The molecule has 0 radical (unpaired) electrons. The molecule has 18 heavy (non-hydrogen) atoms. The van der Waals surface area contributed by atoms with Gasteiger partial charge >= 0.3 is 0 Å². The second-order valence-corrected chi connectivity index (χ2v) is 5.57. The lowest BCUT2D eigenvalue weighted by Gasteiger charge is -2.22. The van der Waals surface area contributed by atoms with Gasteiger partial charge in [0.2, 0.25) is 0 Å². The summed E-state index contributed by atoms with van der Waals surface area (Å²) in [5.74, 6) is -0.117. The molecule has 0 saturated heterocycles. The van der Waals surface area contributed by atoms with Gasteiger partial charge in [0.05, 0.1) is 26.9 Å². The van der Waals surface area contributed by atoms with Crippen molar-refractivity contribution in [1.82, 2.24) is 5.43 Å². The Morgan fingerprint density at radius 1 is 1.33 bits per heavy atom. The summed E-state index contributed by atoms with van der Waals surface area (Å²) >= 11 is 6.04. The molecular formula is C13H19ClN3O+. The second-order valence-electron chi connectivity index (χ2n) is 5.16. The van der Waals surface area contributed by atoms with Gasteiger partial charge in [-0.05, 0) is 13.0 Å². The average molecular weight is 269 g/mol. The van der Waals surface area contributed by atoms with Crippen molar-refractivity contribution in [3.8, 4) is 0 Å². The maximum absolute atomic E-state index is 11.6. The fourth-order valence-corrected chi connectivity index (χ4v) is 1.70. The van der Waals surface area contributed by atoms with Gasteiger partial charge in [0.1, 0.15) is 0 Å². The Morgan fingerprint density at radius 2 is 1.94 bits per heavy atom. The third kappa shape index (κ3) is 4.85. The van der Waals surface area contributed by atoms with Gasteiger partial charge in [0.15, 0.2) is 6.54 Å². The summed E-state index contributed by atoms with van der Waals surface area (Å²) in [6.07, 6.45) is 0. The van der Waals surface area contributed by atoms with Crippen molar-refractivity contribution < 1.29 is 9.28 Å². The number of hydrogen-bond acceptors (Lipinski definition) is 2. The van der Waals surface area contributed by atoms with Crippen LogP contribution in [0.4, 0.5) is 0 Å². The van der Waals surface area contributed by atoms with Crippen molar-refractivity contribution in [2.45, 2.75) is 6.92 Å². The predicted molar refractivity (Wildman–Crippen MR) is 74.7 cm³/mol. The minimum atomic E-state index is -0.117. The number of rotatable bonds is 4. The standard InChI is InChI=1S/C13H18ClN3O/c1-10(11-7-5-6-8-12(11)14)15-16-13(18)9-17(2,3)4/h5-8H,9H2,1-4H3/p+1/b15-10-. The normalized spacial score (nSPS) is 12.4. The van der Waals surface area contributed by atoms with E-state index in [0.717, 1.165) is 5.56 Å². The highest BCUT2D eigenvalue weighted by atomic mass is 35.5. The molecule has 0 unspecified atom stereocenters. The van der Waals surface area contributed by atoms with Crippen LogP contribution in [-0.4, -0.2) is 43.8 Å². The minimum absolute atomic E-state index is 0.117. The lowest BCUT2D eigenvalue weighted by atomic mass is 10.1. The molecule has 5 heteroatoms. The Morgan fingerprint density at radius 3 is 2.50 bits per heavy atom. The maximum atomic E-state index is 11.6. The molecule has 1 N–H and O–H groups in total. The van der Waals surface area contributed by atoms with Crippen LogP contribution >= 0.6 is 11.6 Å². The van der Waals surface area contributed by atoms with Crippen LogP contribution < -0.4 is 5.43 Å². The summed E-state index contributed by atoms with van der Waals surface area (Å²) in [6, 6.07) is 7.40. The number of carbonyl (C=O) groups excluding carboxylic acids is 1. The summed E-state index contributed by atoms with van der Waals surface area (Å²) in [6.45, 7) is 2.19. The Hall–Kier alpha value is -1.39. The highest BCUT2D eigenvalue weighted by molar-refractivity contribution is 6.34. The molecule has 0 aliphatic carbocycles. The van der Waals surface area contributed by atoms with E-state index >= 15 is 0 Å². The summed E-state index contributed by atoms with van der Waals surface area (Å²) in [4.78, 5) is 11.6. The van der Waals surface area contributed by atoms with Gasteiger partial charge in [0.25, 0.3) is 5.91 Å². The van der Waals surface area contributed by atoms with Gasteiger partial charge in [0, 0.05) is 10.6 Å². The Balaban J connectivity index is 2.69. The second kappa shape index (κ2) is 5.98. The fourth-order valence-electron chi connectivity index (χ4n) is 1.43. The summed E-state index contributed by atoms with van der Waals surface area (Å²) < 4.78 is 0.562. The van der Waals surface area contributed by atoms with Crippen LogP contribution in [0.5, 0.6) is 0 Å². The molecule has 1 amide bonds. The Kier molecular flexibility index (Phi) is 4.87. The molecule has 1 aromatic rings. The number of hydrazone groups is 1. The van der Waals surface area contributed by atoms with Crippen LogP contribution in [0.25, 0.3) is 0 Å². The molecule has 0 bridgehead atoms. The van der Waals surface area contributed by atoms with Crippen molar-refractivity contribution in [2.24, 2.45) is 5.10 Å². The van der Waals surface area contributed by atoms with E-state index in [1.807, 2.05) is 46.3 Å². The van der Waals surface area contributed by atoms with E-state index in [-0.39, 0.29) is 5.91 Å². The van der Waals surface area contributed by atoms with Crippen molar-refractivity contribution in [3.63, 3.8) is 0 Å². The van der Waals surface area contributed by atoms with Gasteiger partial charge in [-0.1, -0.05) is 29.8 Å². The molecule has 0 saturated carbocycles. The van der Waals surface area contributed by atoms with Crippen molar-refractivity contribution in [2.75, 3.05) is 27.7 Å². The third-order valence-corrected chi connectivity index (χ3v) is 2.56. The molecule has 0 spiro atoms. The van der Waals surface area contributed by atoms with E-state index in [0.29, 0.717) is 21.8 Å². The topological polar surface area (TPSA) is 41.5 Å². The number of carbonyl (C=O) groups is 1. The molecule has 98 valence electrons. The SMILES string of the molecule is C/C(=N/NC(=O)C[N+](C)(C)C)c1ccccc1Cl. The number of halogens is 1. The van der Waals surface area contributed by atoms with E-state index in [1.165, 1.54) is 0 Å². The van der Waals surface area contributed by atoms with Crippen LogP contribution in [0, 0.1) is 0 Å². The first-order chi connectivity index (χ1) is 8.29. The molecule has 0 aliphatic heterocycles. The zero-order chi connectivity index (χ0) is 13.8. The highest BCUT2D eigenvalue weighted by Gasteiger charge is 2.13. The van der Waals surface area contributed by atoms with Crippen molar-refractivity contribution >= 4 is 23.2 Å². The van der Waals surface area contributed by atoms with E-state index < -0.39 is 0 Å². The number of quaternary nitrogens is 1. The summed E-state index contributed by atoms with van der Waals surface area (Å²) in [7, 11) is 5.85. The number of amides is 1. The lowest BCUT2D eigenvalue weighted by molar-refractivity contribution is -0.862. The lowest BCUT2D eigenvalue weighted by Crippen LogP contribution is -2.43. The third-order valence-electron chi connectivity index (χ3n) is 2.23. The minimum Gasteiger partial charge on any atom is -0.323 e. The molecule has 0 atom stereocenters. The highest BCUT2D eigenvalue weighted by Crippen LogP contribution is 2.15. The first-order valence-corrected chi connectivity index (χ1v) is 6.06. The number of nitrogens with zero attached hydrogens (tertiary/aromatic N) is 2. The van der Waals surface area contributed by atoms with Crippen LogP contribution in [0.3, 0.4) is 0 Å². The summed E-state index contributed by atoms with van der Waals surface area (Å²) in [5, 5.41) is 4.69. The zero-order valence-electron chi connectivity index (χ0n) is 11.2. The molecule has 4 nitrogen and oxygen atoms in total. The zero-order valence-corrected chi connectivity index (χ0v) is 12.0. The molecule has 0 fully saturated rings. The molecule has 1 aromatic carbocycles. The largest absolute Gasteiger partial charge is 0.323 e. The average Bonchev–Trinajstić information content (AvgIpc) is 2.24. The molecule has 0 aliphatic rings. The summed E-state index contributed by atoms with van der Waals surface area (Å²) in [5.41, 5.74) is 4.05. The van der Waals surface area contributed by atoms with Crippen LogP contribution in [0.1, 0.15) is 12.5 Å². The van der Waals surface area contributed by atoms with Crippen molar-refractivity contribution in [3.05, 3.63) is 34.9 Å². The smallest absolute Gasteiger partial charge is 0.295 e. The molecule has 1 rings (SSSR count). The van der Waals surface area contributed by atoms with Crippen LogP contribution in [0.2, 0.25) is 5.02 Å². The quantitative estimate of drug-likeness (QED) is 0.506. The van der Waals surface area contributed by atoms with E-state index in [2.05, 4.69) is 10.5 Å². The van der Waals surface area contributed by atoms with Crippen LogP contribution in [-0.2, 0) is 4.79 Å². The molecule has 0 heterocycles. The number of nitrogens with one attached hydrogen (secondary N) is 1. The van der Waals surface area contributed by atoms with Crippen LogP contribution in [0.15, 0.2) is 29.4 Å². The van der Waals surface area contributed by atoms with Gasteiger partial charge in [-0.25, -0.2) is 5.43 Å². The van der Waals surface area contributed by atoms with E-state index in [9.17, 15) is 4.79 Å². The Bertz CT molecular complexity index is 464. The molecular weight excluding hydrogens is 250 g/mol.